The number of benzene rings is 3. The van der Waals surface area contributed by atoms with E-state index in [2.05, 4.69) is 4.98 Å². The zero-order valence-electron chi connectivity index (χ0n) is 18.0. The molecule has 0 aliphatic carbocycles. The first-order chi connectivity index (χ1) is 16.2. The van der Waals surface area contributed by atoms with Crippen molar-refractivity contribution < 1.29 is 9.53 Å². The van der Waals surface area contributed by atoms with Crippen molar-refractivity contribution in [2.45, 2.75) is 13.5 Å². The predicted molar refractivity (Wildman–Crippen MR) is 132 cm³/mol. The number of anilines is 1. The van der Waals surface area contributed by atoms with Gasteiger partial charge >= 0.3 is 0 Å². The van der Waals surface area contributed by atoms with Gasteiger partial charge in [-0.1, -0.05) is 59.9 Å². The lowest BCUT2D eigenvalue weighted by Crippen LogP contribution is -2.31. The lowest BCUT2D eigenvalue weighted by molar-refractivity contribution is 0.0982. The van der Waals surface area contributed by atoms with Gasteiger partial charge in [-0.2, -0.15) is 0 Å². The molecule has 5 aromatic rings. The average molecular weight is 452 g/mol. The van der Waals surface area contributed by atoms with E-state index in [1.807, 2.05) is 91.9 Å². The lowest BCUT2D eigenvalue weighted by Gasteiger charge is -2.21. The number of nitrogens with zero attached hydrogens (tertiary/aromatic N) is 3. The fourth-order valence-corrected chi connectivity index (χ4v) is 4.60. The molecule has 0 aliphatic rings. The summed E-state index contributed by atoms with van der Waals surface area (Å²) >= 11 is 1.50. The maximum Gasteiger partial charge on any atom is 0.264 e. The number of pyridine rings is 1. The third kappa shape index (κ3) is 4.47. The minimum absolute atomic E-state index is 0.191. The van der Waals surface area contributed by atoms with E-state index in [4.69, 9.17) is 9.72 Å². The minimum atomic E-state index is -0.191. The van der Waals surface area contributed by atoms with Crippen LogP contribution in [0.4, 0.5) is 5.13 Å². The van der Waals surface area contributed by atoms with Crippen molar-refractivity contribution >= 4 is 32.6 Å². The summed E-state index contributed by atoms with van der Waals surface area (Å²) in [5, 5.41) is 0.629. The van der Waals surface area contributed by atoms with Crippen LogP contribution in [0.2, 0.25) is 0 Å². The van der Waals surface area contributed by atoms with Crippen molar-refractivity contribution in [1.29, 1.82) is 0 Å². The molecule has 2 aromatic heterocycles. The number of carbonyl (C=O) groups excluding carboxylic acids is 1. The summed E-state index contributed by atoms with van der Waals surface area (Å²) in [4.78, 5) is 24.8. The Balaban J connectivity index is 1.57. The van der Waals surface area contributed by atoms with E-state index in [1.165, 1.54) is 11.3 Å². The molecule has 0 bridgehead atoms. The standard InChI is InChI=1S/C27H21N3O2S/c1-19-10-9-16-24-25(19)29-27(33-24)30(18-20-11-7-8-17-28-20)26(31)22-14-5-6-15-23(22)32-21-12-3-2-4-13-21/h2-17H,18H2,1H3. The molecular weight excluding hydrogens is 430 g/mol. The Morgan fingerprint density at radius 3 is 2.48 bits per heavy atom. The van der Waals surface area contributed by atoms with Crippen LogP contribution in [0.15, 0.2) is 97.2 Å². The first kappa shape index (κ1) is 20.8. The van der Waals surface area contributed by atoms with Gasteiger partial charge in [0, 0.05) is 6.20 Å². The number of amides is 1. The van der Waals surface area contributed by atoms with Gasteiger partial charge in [0.15, 0.2) is 5.13 Å². The highest BCUT2D eigenvalue weighted by Gasteiger charge is 2.25. The van der Waals surface area contributed by atoms with Gasteiger partial charge < -0.3 is 4.74 Å². The van der Waals surface area contributed by atoms with Crippen LogP contribution in [0.5, 0.6) is 11.5 Å². The van der Waals surface area contributed by atoms with E-state index in [9.17, 15) is 4.79 Å². The summed E-state index contributed by atoms with van der Waals surface area (Å²) in [7, 11) is 0. The van der Waals surface area contributed by atoms with E-state index in [-0.39, 0.29) is 5.91 Å². The molecule has 0 saturated heterocycles. The second kappa shape index (κ2) is 9.22. The predicted octanol–water partition coefficient (Wildman–Crippen LogP) is 6.64. The highest BCUT2D eigenvalue weighted by Crippen LogP contribution is 2.34. The van der Waals surface area contributed by atoms with Crippen LogP contribution in [0, 0.1) is 6.92 Å². The van der Waals surface area contributed by atoms with Crippen LogP contribution >= 0.6 is 11.3 Å². The Bertz CT molecular complexity index is 1400. The molecule has 0 atom stereocenters. The third-order valence-corrected chi connectivity index (χ3v) is 6.26. The molecular formula is C27H21N3O2S. The Morgan fingerprint density at radius 2 is 1.70 bits per heavy atom. The quantitative estimate of drug-likeness (QED) is 0.290. The number of thiazole rings is 1. The van der Waals surface area contributed by atoms with Crippen LogP contribution < -0.4 is 9.64 Å². The first-order valence-electron chi connectivity index (χ1n) is 10.6. The van der Waals surface area contributed by atoms with Crippen LogP contribution in [0.25, 0.3) is 10.2 Å². The largest absolute Gasteiger partial charge is 0.457 e. The zero-order chi connectivity index (χ0) is 22.6. The summed E-state index contributed by atoms with van der Waals surface area (Å²) in [5.41, 5.74) is 3.23. The summed E-state index contributed by atoms with van der Waals surface area (Å²) in [5.74, 6) is 0.977. The van der Waals surface area contributed by atoms with Gasteiger partial charge in [0.25, 0.3) is 5.91 Å². The van der Waals surface area contributed by atoms with Gasteiger partial charge in [-0.05, 0) is 55.0 Å². The van der Waals surface area contributed by atoms with Crippen molar-refractivity contribution in [3.8, 4) is 11.5 Å². The maximum absolute atomic E-state index is 13.9. The Morgan fingerprint density at radius 1 is 0.909 bits per heavy atom. The Kier molecular flexibility index (Phi) is 5.83. The number of hydrogen-bond donors (Lipinski definition) is 0. The van der Waals surface area contributed by atoms with Gasteiger partial charge in [-0.3, -0.25) is 14.7 Å². The molecule has 2 heterocycles. The molecule has 5 rings (SSSR count). The smallest absolute Gasteiger partial charge is 0.264 e. The van der Waals surface area contributed by atoms with Gasteiger partial charge in [0.2, 0.25) is 0 Å². The van der Waals surface area contributed by atoms with Crippen molar-refractivity contribution in [2.75, 3.05) is 4.90 Å². The number of aryl methyl sites for hydroxylation is 1. The van der Waals surface area contributed by atoms with Crippen LogP contribution in [0.1, 0.15) is 21.6 Å². The van der Waals surface area contributed by atoms with Crippen molar-refractivity contribution in [3.63, 3.8) is 0 Å². The molecule has 0 fully saturated rings. The molecule has 1 amide bonds. The number of para-hydroxylation sites is 3. The molecule has 5 nitrogen and oxygen atoms in total. The summed E-state index contributed by atoms with van der Waals surface area (Å²) in [6.07, 6.45) is 1.73. The number of carbonyl (C=O) groups is 1. The van der Waals surface area contributed by atoms with E-state index in [0.29, 0.717) is 28.7 Å². The average Bonchev–Trinajstić information content (AvgIpc) is 3.29. The van der Waals surface area contributed by atoms with Gasteiger partial charge in [-0.15, -0.1) is 0 Å². The van der Waals surface area contributed by atoms with Crippen LogP contribution in [-0.2, 0) is 6.54 Å². The van der Waals surface area contributed by atoms with Crippen molar-refractivity contribution in [1.82, 2.24) is 9.97 Å². The molecule has 0 radical (unpaired) electrons. The van der Waals surface area contributed by atoms with Crippen LogP contribution in [-0.4, -0.2) is 15.9 Å². The number of rotatable bonds is 6. The molecule has 0 spiro atoms. The summed E-state index contributed by atoms with van der Waals surface area (Å²) in [6.45, 7) is 2.33. The van der Waals surface area contributed by atoms with E-state index in [0.717, 1.165) is 21.5 Å². The summed E-state index contributed by atoms with van der Waals surface area (Å²) < 4.78 is 7.10. The minimum Gasteiger partial charge on any atom is -0.457 e. The monoisotopic (exact) mass is 451 g/mol. The third-order valence-electron chi connectivity index (χ3n) is 5.22. The number of aromatic nitrogens is 2. The topological polar surface area (TPSA) is 55.3 Å². The molecule has 0 aliphatic heterocycles. The number of ether oxygens (including phenoxy) is 1. The zero-order valence-corrected chi connectivity index (χ0v) is 18.8. The Hall–Kier alpha value is -4.03. The van der Waals surface area contributed by atoms with Gasteiger partial charge in [0.1, 0.15) is 11.5 Å². The normalized spacial score (nSPS) is 10.8. The van der Waals surface area contributed by atoms with Gasteiger partial charge in [0.05, 0.1) is 28.0 Å². The second-order valence-corrected chi connectivity index (χ2v) is 8.55. The molecule has 6 heteroatoms. The highest BCUT2D eigenvalue weighted by molar-refractivity contribution is 7.22. The highest BCUT2D eigenvalue weighted by atomic mass is 32.1. The number of fused-ring (bicyclic) bond motifs is 1. The first-order valence-corrected chi connectivity index (χ1v) is 11.4. The number of hydrogen-bond acceptors (Lipinski definition) is 5. The maximum atomic E-state index is 13.9. The van der Waals surface area contributed by atoms with E-state index >= 15 is 0 Å². The fraction of sp³-hybridized carbons (Fsp3) is 0.0741. The molecule has 0 N–H and O–H groups in total. The molecule has 162 valence electrons. The molecule has 33 heavy (non-hydrogen) atoms. The summed E-state index contributed by atoms with van der Waals surface area (Å²) in [6, 6.07) is 28.5. The molecule has 0 saturated carbocycles. The molecule has 0 unspecified atom stereocenters. The van der Waals surface area contributed by atoms with Gasteiger partial charge in [-0.25, -0.2) is 4.98 Å². The van der Waals surface area contributed by atoms with E-state index < -0.39 is 0 Å². The SMILES string of the molecule is Cc1cccc2sc(N(Cc3ccccn3)C(=O)c3ccccc3Oc3ccccc3)nc12. The fourth-order valence-electron chi connectivity index (χ4n) is 3.56. The molecule has 3 aromatic carbocycles. The lowest BCUT2D eigenvalue weighted by atomic mass is 10.1. The Labute approximate surface area is 195 Å². The van der Waals surface area contributed by atoms with E-state index in [1.54, 1.807) is 17.2 Å². The van der Waals surface area contributed by atoms with Crippen molar-refractivity contribution in [3.05, 3.63) is 114 Å². The second-order valence-electron chi connectivity index (χ2n) is 7.54. The van der Waals surface area contributed by atoms with Crippen LogP contribution in [0.3, 0.4) is 0 Å². The van der Waals surface area contributed by atoms with Crippen molar-refractivity contribution in [2.24, 2.45) is 0 Å².